The lowest BCUT2D eigenvalue weighted by Crippen LogP contribution is -2.51. The Morgan fingerprint density at radius 2 is 1.87 bits per heavy atom. The Balaban J connectivity index is 2.00. The zero-order chi connectivity index (χ0) is 21.9. The average molecular weight is 452 g/mol. The normalized spacial score (nSPS) is 19.2. The number of hydrogen-bond acceptors (Lipinski definition) is 5. The number of benzene rings is 1. The molecule has 1 saturated heterocycles. The molecule has 0 bridgehead atoms. The van der Waals surface area contributed by atoms with Crippen LogP contribution in [0.15, 0.2) is 24.3 Å². The number of morpholine rings is 1. The largest absolute Gasteiger partial charge is 0.379 e. The van der Waals surface area contributed by atoms with Crippen LogP contribution in [0, 0.1) is 5.41 Å². The van der Waals surface area contributed by atoms with Gasteiger partial charge in [-0.25, -0.2) is 4.68 Å². The number of hydrogen-bond donors (Lipinski definition) is 0. The topological polar surface area (TPSA) is 56.1 Å². The quantitative estimate of drug-likeness (QED) is 0.600. The maximum atomic E-state index is 6.38. The second-order valence-electron chi connectivity index (χ2n) is 9.01. The standard InChI is InChI=1S/C22H31Cl2N5O/c1-6-22(5,28-11-13-30-14-12-28)20-25-26-27-29(20)19(21(2,3)4)10-8-16-7-9-17(23)15-18(16)24/h7-10,15,19H,6,11-14H2,1-5H3/b10-8-. The number of allylic oxidation sites excluding steroid dienone is 1. The first-order valence-corrected chi connectivity index (χ1v) is 11.2. The van der Waals surface area contributed by atoms with E-state index in [9.17, 15) is 0 Å². The molecule has 1 aliphatic rings. The van der Waals surface area contributed by atoms with Gasteiger partial charge >= 0.3 is 0 Å². The fourth-order valence-corrected chi connectivity index (χ4v) is 4.36. The maximum absolute atomic E-state index is 6.38. The summed E-state index contributed by atoms with van der Waals surface area (Å²) in [5.74, 6) is 0.874. The molecule has 0 saturated carbocycles. The summed E-state index contributed by atoms with van der Waals surface area (Å²) in [6.07, 6.45) is 5.05. The van der Waals surface area contributed by atoms with Crippen LogP contribution in [-0.4, -0.2) is 51.4 Å². The SMILES string of the molecule is CCC(C)(c1nnnn1C(/C=C\c1ccc(Cl)cc1Cl)C(C)(C)C)N1CCOCC1. The van der Waals surface area contributed by atoms with Crippen LogP contribution < -0.4 is 0 Å². The fourth-order valence-electron chi connectivity index (χ4n) is 3.88. The predicted molar refractivity (Wildman–Crippen MR) is 122 cm³/mol. The minimum atomic E-state index is -0.275. The number of nitrogens with zero attached hydrogens (tertiary/aromatic N) is 5. The number of halogens is 2. The molecule has 6 nitrogen and oxygen atoms in total. The van der Waals surface area contributed by atoms with Gasteiger partial charge in [-0.05, 0) is 46.9 Å². The minimum Gasteiger partial charge on any atom is -0.379 e. The molecule has 3 rings (SSSR count). The van der Waals surface area contributed by atoms with E-state index in [1.165, 1.54) is 0 Å². The van der Waals surface area contributed by atoms with Gasteiger partial charge in [-0.1, -0.05) is 69.1 Å². The van der Waals surface area contributed by atoms with E-state index in [-0.39, 0.29) is 17.0 Å². The highest BCUT2D eigenvalue weighted by Gasteiger charge is 2.40. The third kappa shape index (κ3) is 4.88. The van der Waals surface area contributed by atoms with Crippen molar-refractivity contribution in [2.75, 3.05) is 26.3 Å². The Morgan fingerprint density at radius 1 is 1.17 bits per heavy atom. The predicted octanol–water partition coefficient (Wildman–Crippen LogP) is 5.24. The van der Waals surface area contributed by atoms with Crippen molar-refractivity contribution in [1.82, 2.24) is 25.1 Å². The second kappa shape index (κ2) is 9.35. The zero-order valence-electron chi connectivity index (χ0n) is 18.4. The minimum absolute atomic E-state index is 0.0545. The molecule has 8 heteroatoms. The zero-order valence-corrected chi connectivity index (χ0v) is 19.9. The van der Waals surface area contributed by atoms with E-state index >= 15 is 0 Å². The monoisotopic (exact) mass is 451 g/mol. The molecule has 1 aromatic carbocycles. The molecule has 2 unspecified atom stereocenters. The van der Waals surface area contributed by atoms with Gasteiger partial charge in [-0.3, -0.25) is 4.90 Å². The average Bonchev–Trinajstić information content (AvgIpc) is 3.18. The maximum Gasteiger partial charge on any atom is 0.171 e. The first-order chi connectivity index (χ1) is 14.2. The van der Waals surface area contributed by atoms with E-state index in [4.69, 9.17) is 27.9 Å². The van der Waals surface area contributed by atoms with E-state index < -0.39 is 0 Å². The van der Waals surface area contributed by atoms with Crippen molar-refractivity contribution in [3.05, 3.63) is 45.7 Å². The van der Waals surface area contributed by atoms with Crippen LogP contribution in [0.4, 0.5) is 0 Å². The van der Waals surface area contributed by atoms with Crippen molar-refractivity contribution in [1.29, 1.82) is 0 Å². The lowest BCUT2D eigenvalue weighted by molar-refractivity contribution is -0.0258. The van der Waals surface area contributed by atoms with Gasteiger partial charge in [0.15, 0.2) is 5.82 Å². The molecule has 0 spiro atoms. The summed E-state index contributed by atoms with van der Waals surface area (Å²) < 4.78 is 7.53. The lowest BCUT2D eigenvalue weighted by atomic mass is 9.85. The van der Waals surface area contributed by atoms with Gasteiger partial charge in [0.1, 0.15) is 0 Å². The summed E-state index contributed by atoms with van der Waals surface area (Å²) in [5.41, 5.74) is 0.526. The first kappa shape index (κ1) is 23.2. The highest BCUT2D eigenvalue weighted by Crippen LogP contribution is 2.38. The van der Waals surface area contributed by atoms with Crippen LogP contribution in [-0.2, 0) is 10.3 Å². The lowest BCUT2D eigenvalue weighted by Gasteiger charge is -2.42. The van der Waals surface area contributed by atoms with Gasteiger partial charge in [-0.2, -0.15) is 0 Å². The third-order valence-corrected chi connectivity index (χ3v) is 6.51. The molecule has 1 aliphatic heterocycles. The summed E-state index contributed by atoms with van der Waals surface area (Å²) >= 11 is 12.4. The van der Waals surface area contributed by atoms with Crippen molar-refractivity contribution in [3.8, 4) is 0 Å². The van der Waals surface area contributed by atoms with Gasteiger partial charge in [0.2, 0.25) is 0 Å². The van der Waals surface area contributed by atoms with E-state index in [0.717, 1.165) is 44.1 Å². The molecular weight excluding hydrogens is 421 g/mol. The van der Waals surface area contributed by atoms with Crippen molar-refractivity contribution >= 4 is 29.3 Å². The van der Waals surface area contributed by atoms with E-state index in [1.54, 1.807) is 6.07 Å². The number of ether oxygens (including phenoxy) is 1. The molecule has 2 atom stereocenters. The molecule has 30 heavy (non-hydrogen) atoms. The Bertz CT molecular complexity index is 886. The summed E-state index contributed by atoms with van der Waals surface area (Å²) in [5, 5.41) is 14.2. The molecule has 1 aromatic heterocycles. The summed E-state index contributed by atoms with van der Waals surface area (Å²) in [6, 6.07) is 5.46. The van der Waals surface area contributed by atoms with Crippen LogP contribution in [0.1, 0.15) is 58.5 Å². The van der Waals surface area contributed by atoms with Crippen molar-refractivity contribution in [3.63, 3.8) is 0 Å². The number of rotatable bonds is 6. The Hall–Kier alpha value is -1.47. The first-order valence-electron chi connectivity index (χ1n) is 10.4. The number of tetrazole rings is 1. The van der Waals surface area contributed by atoms with Crippen molar-refractivity contribution in [2.24, 2.45) is 5.41 Å². The van der Waals surface area contributed by atoms with Gasteiger partial charge in [0.25, 0.3) is 0 Å². The second-order valence-corrected chi connectivity index (χ2v) is 9.85. The molecule has 0 N–H and O–H groups in total. The van der Waals surface area contributed by atoms with Gasteiger partial charge in [0, 0.05) is 23.1 Å². The van der Waals surface area contributed by atoms with Crippen molar-refractivity contribution < 1.29 is 4.74 Å². The third-order valence-electron chi connectivity index (χ3n) is 5.94. The molecule has 0 amide bonds. The van der Waals surface area contributed by atoms with Crippen molar-refractivity contribution in [2.45, 2.75) is 52.6 Å². The molecule has 1 fully saturated rings. The van der Waals surface area contributed by atoms with Crippen LogP contribution in [0.25, 0.3) is 6.08 Å². The number of aromatic nitrogens is 4. The Labute approximate surface area is 189 Å². The summed E-state index contributed by atoms with van der Waals surface area (Å²) in [4.78, 5) is 2.43. The molecule has 0 aliphatic carbocycles. The smallest absolute Gasteiger partial charge is 0.171 e. The van der Waals surface area contributed by atoms with Gasteiger partial charge < -0.3 is 4.74 Å². The molecule has 164 valence electrons. The summed E-state index contributed by atoms with van der Waals surface area (Å²) in [6.45, 7) is 14.2. The molecule has 0 radical (unpaired) electrons. The van der Waals surface area contributed by atoms with E-state index in [0.29, 0.717) is 10.0 Å². The van der Waals surface area contributed by atoms with E-state index in [2.05, 4.69) is 61.1 Å². The van der Waals surface area contributed by atoms with Crippen LogP contribution in [0.2, 0.25) is 10.0 Å². The molecular formula is C22H31Cl2N5O. The van der Waals surface area contributed by atoms with Crippen LogP contribution in [0.5, 0.6) is 0 Å². The van der Waals surface area contributed by atoms with Gasteiger partial charge in [-0.15, -0.1) is 5.10 Å². The Kier molecular flexibility index (Phi) is 7.23. The summed E-state index contributed by atoms with van der Waals surface area (Å²) in [7, 11) is 0. The fraction of sp³-hybridized carbons (Fsp3) is 0.591. The van der Waals surface area contributed by atoms with Gasteiger partial charge in [0.05, 0.1) is 24.8 Å². The van der Waals surface area contributed by atoms with Crippen LogP contribution >= 0.6 is 23.2 Å². The van der Waals surface area contributed by atoms with E-state index in [1.807, 2.05) is 22.9 Å². The highest BCUT2D eigenvalue weighted by atomic mass is 35.5. The Morgan fingerprint density at radius 3 is 2.47 bits per heavy atom. The van der Waals surface area contributed by atoms with Crippen LogP contribution in [0.3, 0.4) is 0 Å². The molecule has 2 aromatic rings. The highest BCUT2D eigenvalue weighted by molar-refractivity contribution is 6.35. The molecule has 2 heterocycles.